The third-order valence-corrected chi connectivity index (χ3v) is 2.84. The molecule has 1 aromatic carbocycles. The van der Waals surface area contributed by atoms with Crippen LogP contribution in [0.5, 0.6) is 0 Å². The molecule has 0 bridgehead atoms. The van der Waals surface area contributed by atoms with E-state index in [-0.39, 0.29) is 18.4 Å². The summed E-state index contributed by atoms with van der Waals surface area (Å²) in [5, 5.41) is 0. The normalized spacial score (nSPS) is 9.00. The van der Waals surface area contributed by atoms with E-state index < -0.39 is 0 Å². The van der Waals surface area contributed by atoms with Crippen molar-refractivity contribution in [2.24, 2.45) is 16.5 Å². The second kappa shape index (κ2) is 5.88. The van der Waals surface area contributed by atoms with Crippen LogP contribution in [0, 0.1) is 6.92 Å². The lowest BCUT2D eigenvalue weighted by Gasteiger charge is -2.03. The van der Waals surface area contributed by atoms with Gasteiger partial charge in [-0.3, -0.25) is 0 Å². The largest absolute Gasteiger partial charge is 0.370 e. The lowest BCUT2D eigenvalue weighted by atomic mass is 10.1. The van der Waals surface area contributed by atoms with Crippen LogP contribution in [0.3, 0.4) is 0 Å². The van der Waals surface area contributed by atoms with E-state index in [1.807, 2.05) is 25.1 Å². The first kappa shape index (κ1) is 13.3. The number of hydrogen-bond acceptors (Lipinski definition) is 1. The molecule has 78 valence electrons. The summed E-state index contributed by atoms with van der Waals surface area (Å²) in [6.07, 6.45) is 0. The van der Waals surface area contributed by atoms with E-state index in [9.17, 15) is 0 Å². The number of aliphatic imine (C=N–C) groups is 1. The zero-order chi connectivity index (χ0) is 9.84. The molecule has 14 heavy (non-hydrogen) atoms. The van der Waals surface area contributed by atoms with E-state index in [1.165, 1.54) is 5.56 Å². The van der Waals surface area contributed by atoms with Crippen molar-refractivity contribution in [2.75, 3.05) is 0 Å². The molecule has 0 amide bonds. The van der Waals surface area contributed by atoms with Crippen LogP contribution >= 0.6 is 28.3 Å². The summed E-state index contributed by atoms with van der Waals surface area (Å²) in [5.41, 5.74) is 12.8. The van der Waals surface area contributed by atoms with Crippen LogP contribution in [0.1, 0.15) is 11.1 Å². The standard InChI is InChI=1S/C9H12BrN3.ClH/c1-6-3-2-4-7(8(6)10)5-13-9(11)12;/h2-4H,5H2,1H3,(H4,11,12,13);1H. The van der Waals surface area contributed by atoms with Gasteiger partial charge in [0.15, 0.2) is 5.96 Å². The van der Waals surface area contributed by atoms with Crippen molar-refractivity contribution in [3.63, 3.8) is 0 Å². The highest BCUT2D eigenvalue weighted by Gasteiger charge is 2.00. The first-order chi connectivity index (χ1) is 6.11. The quantitative estimate of drug-likeness (QED) is 0.641. The number of rotatable bonds is 2. The smallest absolute Gasteiger partial charge is 0.186 e. The summed E-state index contributed by atoms with van der Waals surface area (Å²) in [5.74, 6) is 0.119. The van der Waals surface area contributed by atoms with Gasteiger partial charge in [-0.1, -0.05) is 34.1 Å². The lowest BCUT2D eigenvalue weighted by Crippen LogP contribution is -2.22. The minimum atomic E-state index is 0. The average molecular weight is 279 g/mol. The number of hydrogen-bond donors (Lipinski definition) is 2. The monoisotopic (exact) mass is 277 g/mol. The SMILES string of the molecule is Cc1cccc(CN=C(N)N)c1Br.Cl. The first-order valence-corrected chi connectivity index (χ1v) is 4.70. The highest BCUT2D eigenvalue weighted by atomic mass is 79.9. The van der Waals surface area contributed by atoms with Gasteiger partial charge in [-0.2, -0.15) is 0 Å². The molecule has 0 heterocycles. The maximum atomic E-state index is 5.24. The number of nitrogens with two attached hydrogens (primary N) is 2. The zero-order valence-corrected chi connectivity index (χ0v) is 10.2. The maximum Gasteiger partial charge on any atom is 0.186 e. The molecule has 0 spiro atoms. The molecule has 0 atom stereocenters. The summed E-state index contributed by atoms with van der Waals surface area (Å²) in [7, 11) is 0. The molecule has 0 aliphatic heterocycles. The Morgan fingerprint density at radius 2 is 2.07 bits per heavy atom. The van der Waals surface area contributed by atoms with Crippen molar-refractivity contribution in [2.45, 2.75) is 13.5 Å². The Bertz CT molecular complexity index is 335. The fraction of sp³-hybridized carbons (Fsp3) is 0.222. The van der Waals surface area contributed by atoms with Crippen LogP contribution in [0.15, 0.2) is 27.7 Å². The van der Waals surface area contributed by atoms with Gasteiger partial charge >= 0.3 is 0 Å². The van der Waals surface area contributed by atoms with E-state index in [0.717, 1.165) is 10.0 Å². The summed E-state index contributed by atoms with van der Waals surface area (Å²) in [4.78, 5) is 3.94. The van der Waals surface area contributed by atoms with E-state index >= 15 is 0 Å². The van der Waals surface area contributed by atoms with Crippen molar-refractivity contribution in [3.05, 3.63) is 33.8 Å². The van der Waals surface area contributed by atoms with Crippen molar-refractivity contribution in [1.29, 1.82) is 0 Å². The van der Waals surface area contributed by atoms with Crippen molar-refractivity contribution in [1.82, 2.24) is 0 Å². The fourth-order valence-corrected chi connectivity index (χ4v) is 1.40. The lowest BCUT2D eigenvalue weighted by molar-refractivity contribution is 1.04. The van der Waals surface area contributed by atoms with E-state index in [1.54, 1.807) is 0 Å². The highest BCUT2D eigenvalue weighted by molar-refractivity contribution is 9.10. The first-order valence-electron chi connectivity index (χ1n) is 3.90. The van der Waals surface area contributed by atoms with Crippen LogP contribution in [-0.2, 0) is 6.54 Å². The fourth-order valence-electron chi connectivity index (χ4n) is 1.01. The molecule has 0 fully saturated rings. The van der Waals surface area contributed by atoms with Crippen molar-refractivity contribution < 1.29 is 0 Å². The molecule has 0 unspecified atom stereocenters. The molecule has 5 heteroatoms. The van der Waals surface area contributed by atoms with Crippen LogP contribution in [0.2, 0.25) is 0 Å². The topological polar surface area (TPSA) is 64.4 Å². The average Bonchev–Trinajstić information content (AvgIpc) is 2.07. The second-order valence-corrected chi connectivity index (χ2v) is 3.58. The number of nitrogens with zero attached hydrogens (tertiary/aromatic N) is 1. The van der Waals surface area contributed by atoms with Gasteiger partial charge in [0.2, 0.25) is 0 Å². The molecule has 0 aliphatic rings. The highest BCUT2D eigenvalue weighted by Crippen LogP contribution is 2.21. The van der Waals surface area contributed by atoms with Gasteiger partial charge in [0.1, 0.15) is 0 Å². The molecule has 0 aliphatic carbocycles. The summed E-state index contributed by atoms with van der Waals surface area (Å²) < 4.78 is 1.07. The number of guanidine groups is 1. The molecule has 0 radical (unpaired) electrons. The van der Waals surface area contributed by atoms with Crippen LogP contribution in [0.25, 0.3) is 0 Å². The Morgan fingerprint density at radius 3 is 2.64 bits per heavy atom. The van der Waals surface area contributed by atoms with Gasteiger partial charge in [-0.25, -0.2) is 4.99 Å². The van der Waals surface area contributed by atoms with E-state index in [2.05, 4.69) is 20.9 Å². The third-order valence-electron chi connectivity index (χ3n) is 1.70. The summed E-state index contributed by atoms with van der Waals surface area (Å²) in [6.45, 7) is 2.55. The van der Waals surface area contributed by atoms with Gasteiger partial charge in [-0.15, -0.1) is 12.4 Å². The molecule has 0 saturated heterocycles. The van der Waals surface area contributed by atoms with Crippen molar-refractivity contribution in [3.8, 4) is 0 Å². The molecule has 4 N–H and O–H groups in total. The minimum Gasteiger partial charge on any atom is -0.370 e. The van der Waals surface area contributed by atoms with Crippen LogP contribution in [-0.4, -0.2) is 5.96 Å². The van der Waals surface area contributed by atoms with Gasteiger partial charge in [-0.05, 0) is 18.1 Å². The molecular weight excluding hydrogens is 265 g/mol. The molecular formula is C9H13BrClN3. The Balaban J connectivity index is 0.00000169. The van der Waals surface area contributed by atoms with E-state index in [4.69, 9.17) is 11.5 Å². The van der Waals surface area contributed by atoms with Gasteiger partial charge in [0.05, 0.1) is 6.54 Å². The summed E-state index contributed by atoms with van der Waals surface area (Å²) >= 11 is 3.48. The molecule has 0 aromatic heterocycles. The molecule has 1 rings (SSSR count). The Labute approximate surface area is 98.1 Å². The Morgan fingerprint density at radius 1 is 1.43 bits per heavy atom. The molecule has 0 saturated carbocycles. The van der Waals surface area contributed by atoms with Crippen LogP contribution in [0.4, 0.5) is 0 Å². The van der Waals surface area contributed by atoms with Gasteiger partial charge in [0.25, 0.3) is 0 Å². The predicted octanol–water partition coefficient (Wildman–Crippen LogP) is 1.95. The van der Waals surface area contributed by atoms with Gasteiger partial charge < -0.3 is 11.5 Å². The number of benzene rings is 1. The third kappa shape index (κ3) is 3.55. The Kier molecular flexibility index (Phi) is 5.57. The summed E-state index contributed by atoms with van der Waals surface area (Å²) in [6, 6.07) is 6.00. The van der Waals surface area contributed by atoms with Gasteiger partial charge in [0, 0.05) is 4.47 Å². The molecule has 3 nitrogen and oxygen atoms in total. The second-order valence-electron chi connectivity index (χ2n) is 2.79. The Hall–Kier alpha value is -0.740. The predicted molar refractivity (Wildman–Crippen MR) is 65.6 cm³/mol. The van der Waals surface area contributed by atoms with Crippen molar-refractivity contribution >= 4 is 34.3 Å². The van der Waals surface area contributed by atoms with E-state index in [0.29, 0.717) is 6.54 Å². The van der Waals surface area contributed by atoms with Crippen LogP contribution < -0.4 is 11.5 Å². The number of aryl methyl sites for hydroxylation is 1. The number of halogens is 2. The molecule has 1 aromatic rings. The minimum absolute atomic E-state index is 0. The zero-order valence-electron chi connectivity index (χ0n) is 7.83. The maximum absolute atomic E-state index is 5.24.